The molecule has 0 unspecified atom stereocenters. The molecular weight excluding hydrogens is 262 g/mol. The summed E-state index contributed by atoms with van der Waals surface area (Å²) in [6.45, 7) is 2.39. The van der Waals surface area contributed by atoms with Gasteiger partial charge in [-0.2, -0.15) is 0 Å². The molecule has 98 valence electrons. The third-order valence-electron chi connectivity index (χ3n) is 2.92. The quantitative estimate of drug-likeness (QED) is 0.667. The molecule has 5 heteroatoms. The number of amidine groups is 1. The Bertz CT molecular complexity index is 674. The van der Waals surface area contributed by atoms with Crippen LogP contribution in [-0.4, -0.2) is 10.4 Å². The molecule has 0 aliphatic heterocycles. The molecule has 0 saturated heterocycles. The van der Waals surface area contributed by atoms with Crippen molar-refractivity contribution in [2.75, 3.05) is 0 Å². The maximum absolute atomic E-state index is 12.2. The molecule has 0 aliphatic rings. The molecule has 0 aliphatic carbocycles. The number of nitrogens with two attached hydrogens (primary N) is 1. The topological polar surface area (TPSA) is 71.9 Å². The number of hydrogen-bond donors (Lipinski definition) is 2. The van der Waals surface area contributed by atoms with Crippen LogP contribution in [0.15, 0.2) is 41.2 Å². The van der Waals surface area contributed by atoms with E-state index in [0.29, 0.717) is 11.6 Å². The Morgan fingerprint density at radius 1 is 1.26 bits per heavy atom. The second kappa shape index (κ2) is 5.28. The van der Waals surface area contributed by atoms with Gasteiger partial charge in [0, 0.05) is 11.6 Å². The molecule has 0 bridgehead atoms. The molecule has 3 N–H and O–H groups in total. The zero-order chi connectivity index (χ0) is 14.0. The van der Waals surface area contributed by atoms with Crippen molar-refractivity contribution in [2.45, 2.75) is 13.5 Å². The van der Waals surface area contributed by atoms with E-state index in [1.165, 1.54) is 0 Å². The molecule has 0 fully saturated rings. The number of nitrogen functional groups attached to an aromatic ring is 1. The van der Waals surface area contributed by atoms with Crippen molar-refractivity contribution in [3.05, 3.63) is 57.3 Å². The predicted octanol–water partition coefficient (Wildman–Crippen LogP) is 2.47. The maximum atomic E-state index is 12.2. The van der Waals surface area contributed by atoms with E-state index in [1.54, 1.807) is 28.8 Å². The number of nitrogens with zero attached hydrogens (tertiary/aromatic N) is 1. The van der Waals surface area contributed by atoms with Gasteiger partial charge in [0.05, 0.1) is 11.3 Å². The zero-order valence-corrected chi connectivity index (χ0v) is 11.2. The smallest absolute Gasteiger partial charge is 0.261 e. The van der Waals surface area contributed by atoms with Crippen LogP contribution in [0, 0.1) is 5.41 Å². The van der Waals surface area contributed by atoms with Gasteiger partial charge in [0.2, 0.25) is 0 Å². The number of rotatable bonds is 3. The highest BCUT2D eigenvalue weighted by Crippen LogP contribution is 2.20. The van der Waals surface area contributed by atoms with Gasteiger partial charge in [-0.05, 0) is 36.8 Å². The fourth-order valence-corrected chi connectivity index (χ4v) is 2.10. The second-order valence-corrected chi connectivity index (χ2v) is 4.54. The molecule has 0 amide bonds. The van der Waals surface area contributed by atoms with Gasteiger partial charge in [-0.25, -0.2) is 0 Å². The molecule has 0 radical (unpaired) electrons. The van der Waals surface area contributed by atoms with E-state index in [4.69, 9.17) is 22.7 Å². The summed E-state index contributed by atoms with van der Waals surface area (Å²) in [5.74, 6) is -0.213. The number of pyridine rings is 1. The normalized spacial score (nSPS) is 10.4. The van der Waals surface area contributed by atoms with Gasteiger partial charge < -0.3 is 10.3 Å². The van der Waals surface area contributed by atoms with Crippen molar-refractivity contribution in [2.24, 2.45) is 5.73 Å². The van der Waals surface area contributed by atoms with E-state index in [1.807, 2.05) is 19.1 Å². The van der Waals surface area contributed by atoms with E-state index in [2.05, 4.69) is 0 Å². The Morgan fingerprint density at radius 2 is 1.89 bits per heavy atom. The van der Waals surface area contributed by atoms with Gasteiger partial charge >= 0.3 is 0 Å². The fraction of sp³-hybridized carbons (Fsp3) is 0.143. The highest BCUT2D eigenvalue weighted by atomic mass is 35.5. The van der Waals surface area contributed by atoms with Gasteiger partial charge in [0.25, 0.3) is 5.56 Å². The van der Waals surface area contributed by atoms with Crippen molar-refractivity contribution in [1.29, 1.82) is 5.41 Å². The van der Waals surface area contributed by atoms with Crippen LogP contribution in [-0.2, 0) is 6.54 Å². The summed E-state index contributed by atoms with van der Waals surface area (Å²) < 4.78 is 1.60. The van der Waals surface area contributed by atoms with Gasteiger partial charge in [-0.1, -0.05) is 23.7 Å². The lowest BCUT2D eigenvalue weighted by molar-refractivity contribution is 0.734. The summed E-state index contributed by atoms with van der Waals surface area (Å²) in [5, 5.41) is 8.05. The average molecular weight is 276 g/mol. The van der Waals surface area contributed by atoms with Crippen molar-refractivity contribution >= 4 is 17.4 Å². The molecular formula is C14H14ClN3O. The molecule has 4 nitrogen and oxygen atoms in total. The third-order valence-corrected chi connectivity index (χ3v) is 3.17. The van der Waals surface area contributed by atoms with Crippen molar-refractivity contribution in [1.82, 2.24) is 4.57 Å². The van der Waals surface area contributed by atoms with Gasteiger partial charge in [-0.3, -0.25) is 10.2 Å². The molecule has 0 saturated carbocycles. The van der Waals surface area contributed by atoms with E-state index in [-0.39, 0.29) is 17.0 Å². The molecule has 2 rings (SSSR count). The summed E-state index contributed by atoms with van der Waals surface area (Å²) in [5.41, 5.74) is 7.06. The molecule has 0 spiro atoms. The van der Waals surface area contributed by atoms with Crippen LogP contribution in [0.2, 0.25) is 5.02 Å². The van der Waals surface area contributed by atoms with Crippen LogP contribution in [0.1, 0.15) is 12.5 Å². The summed E-state index contributed by atoms with van der Waals surface area (Å²) in [4.78, 5) is 12.2. The SMILES string of the molecule is CCn1c(-c2ccc(Cl)cc2)ccc(C(=N)N)c1=O. The Morgan fingerprint density at radius 3 is 2.42 bits per heavy atom. The zero-order valence-electron chi connectivity index (χ0n) is 10.5. The Hall–Kier alpha value is -2.07. The van der Waals surface area contributed by atoms with Crippen LogP contribution in [0.5, 0.6) is 0 Å². The van der Waals surface area contributed by atoms with Crippen LogP contribution in [0.4, 0.5) is 0 Å². The molecule has 2 aromatic rings. The van der Waals surface area contributed by atoms with Crippen molar-refractivity contribution < 1.29 is 0 Å². The lowest BCUT2D eigenvalue weighted by Gasteiger charge is -2.12. The Kier molecular flexibility index (Phi) is 3.71. The third kappa shape index (κ3) is 2.53. The first-order valence-electron chi connectivity index (χ1n) is 5.88. The number of nitrogens with one attached hydrogen (secondary N) is 1. The van der Waals surface area contributed by atoms with E-state index < -0.39 is 0 Å². The lowest BCUT2D eigenvalue weighted by atomic mass is 10.1. The number of aromatic nitrogens is 1. The minimum absolute atomic E-state index is 0.213. The largest absolute Gasteiger partial charge is 0.384 e. The monoisotopic (exact) mass is 275 g/mol. The molecule has 1 heterocycles. The first-order chi connectivity index (χ1) is 9.04. The van der Waals surface area contributed by atoms with E-state index >= 15 is 0 Å². The fourth-order valence-electron chi connectivity index (χ4n) is 1.97. The lowest BCUT2D eigenvalue weighted by Crippen LogP contribution is -2.29. The second-order valence-electron chi connectivity index (χ2n) is 4.10. The number of halogens is 1. The van der Waals surface area contributed by atoms with Crippen molar-refractivity contribution in [3.8, 4) is 11.3 Å². The number of benzene rings is 1. The predicted molar refractivity (Wildman–Crippen MR) is 77.8 cm³/mol. The summed E-state index contributed by atoms with van der Waals surface area (Å²) >= 11 is 5.86. The summed E-state index contributed by atoms with van der Waals surface area (Å²) in [6, 6.07) is 10.7. The van der Waals surface area contributed by atoms with Crippen LogP contribution in [0.3, 0.4) is 0 Å². The minimum Gasteiger partial charge on any atom is -0.384 e. The Labute approximate surface area is 116 Å². The average Bonchev–Trinajstić information content (AvgIpc) is 2.38. The van der Waals surface area contributed by atoms with Gasteiger partial charge in [0.15, 0.2) is 0 Å². The van der Waals surface area contributed by atoms with Gasteiger partial charge in [-0.15, -0.1) is 0 Å². The summed E-state index contributed by atoms with van der Waals surface area (Å²) in [6.07, 6.45) is 0. The van der Waals surface area contributed by atoms with Crippen LogP contribution in [0.25, 0.3) is 11.3 Å². The van der Waals surface area contributed by atoms with E-state index in [0.717, 1.165) is 11.3 Å². The standard InChI is InChI=1S/C14H14ClN3O/c1-2-18-12(9-3-5-10(15)6-4-9)8-7-11(13(16)17)14(18)19/h3-8H,2H2,1H3,(H3,16,17). The summed E-state index contributed by atoms with van der Waals surface area (Å²) in [7, 11) is 0. The highest BCUT2D eigenvalue weighted by Gasteiger charge is 2.10. The minimum atomic E-state index is -0.248. The highest BCUT2D eigenvalue weighted by molar-refractivity contribution is 6.30. The molecule has 1 aromatic carbocycles. The molecule has 0 atom stereocenters. The number of hydrogen-bond acceptors (Lipinski definition) is 2. The maximum Gasteiger partial charge on any atom is 0.261 e. The van der Waals surface area contributed by atoms with Gasteiger partial charge in [0.1, 0.15) is 5.84 Å². The van der Waals surface area contributed by atoms with Crippen LogP contribution < -0.4 is 11.3 Å². The van der Waals surface area contributed by atoms with Crippen molar-refractivity contribution in [3.63, 3.8) is 0 Å². The first kappa shape index (κ1) is 13.4. The first-order valence-corrected chi connectivity index (χ1v) is 6.26. The Balaban J connectivity index is 2.65. The molecule has 1 aromatic heterocycles. The van der Waals surface area contributed by atoms with E-state index in [9.17, 15) is 4.79 Å². The molecule has 19 heavy (non-hydrogen) atoms. The van der Waals surface area contributed by atoms with Crippen LogP contribution >= 0.6 is 11.6 Å².